The van der Waals surface area contributed by atoms with Crippen LogP contribution >= 0.6 is 0 Å². The van der Waals surface area contributed by atoms with Gasteiger partial charge in [-0.3, -0.25) is 4.79 Å². The molecule has 2 aromatic rings. The van der Waals surface area contributed by atoms with Crippen LogP contribution in [0.3, 0.4) is 0 Å². The van der Waals surface area contributed by atoms with Crippen molar-refractivity contribution in [2.75, 3.05) is 6.61 Å². The second kappa shape index (κ2) is 6.65. The van der Waals surface area contributed by atoms with Gasteiger partial charge < -0.3 is 9.30 Å². The molecule has 0 aliphatic heterocycles. The van der Waals surface area contributed by atoms with Gasteiger partial charge in [0.15, 0.2) is 0 Å². The predicted octanol–water partition coefficient (Wildman–Crippen LogP) is 2.27. The van der Waals surface area contributed by atoms with Gasteiger partial charge in [-0.1, -0.05) is 36.4 Å². The lowest BCUT2D eigenvalue weighted by Crippen LogP contribution is -2.29. The number of esters is 1. The smallest absolute Gasteiger partial charge is 0.362 e. The molecule has 0 bridgehead atoms. The number of benzene rings is 1. The Morgan fingerprint density at radius 3 is 2.71 bits per heavy atom. The first-order valence-electron chi connectivity index (χ1n) is 6.62. The van der Waals surface area contributed by atoms with E-state index in [9.17, 15) is 9.59 Å². The van der Waals surface area contributed by atoms with Gasteiger partial charge in [-0.15, -0.1) is 6.58 Å². The van der Waals surface area contributed by atoms with Gasteiger partial charge in [0, 0.05) is 6.54 Å². The van der Waals surface area contributed by atoms with Gasteiger partial charge in [0.1, 0.15) is 0 Å². The van der Waals surface area contributed by atoms with Crippen molar-refractivity contribution >= 4 is 5.97 Å². The third-order valence-corrected chi connectivity index (χ3v) is 2.90. The summed E-state index contributed by atoms with van der Waals surface area (Å²) in [6.45, 7) is 5.81. The van der Waals surface area contributed by atoms with E-state index in [2.05, 4.69) is 11.6 Å². The van der Waals surface area contributed by atoms with Crippen LogP contribution in [0.2, 0.25) is 0 Å². The summed E-state index contributed by atoms with van der Waals surface area (Å²) in [6.07, 6.45) is 3.11. The zero-order valence-corrected chi connectivity index (χ0v) is 11.8. The van der Waals surface area contributed by atoms with Crippen molar-refractivity contribution in [1.29, 1.82) is 0 Å². The van der Waals surface area contributed by atoms with Crippen LogP contribution in [0, 0.1) is 0 Å². The van der Waals surface area contributed by atoms with Gasteiger partial charge in [-0.05, 0) is 12.5 Å². The highest BCUT2D eigenvalue weighted by molar-refractivity contribution is 5.87. The third-order valence-electron chi connectivity index (χ3n) is 2.90. The number of rotatable bonds is 5. The Morgan fingerprint density at radius 2 is 2.10 bits per heavy atom. The molecule has 5 heteroatoms. The number of carbonyl (C=O) groups excluding carboxylic acids is 1. The topological polar surface area (TPSA) is 61.2 Å². The fourth-order valence-corrected chi connectivity index (χ4v) is 1.98. The molecule has 0 aliphatic carbocycles. The van der Waals surface area contributed by atoms with Crippen LogP contribution in [0.5, 0.6) is 0 Å². The monoisotopic (exact) mass is 284 g/mol. The highest BCUT2D eigenvalue weighted by Gasteiger charge is 2.17. The van der Waals surface area contributed by atoms with Crippen LogP contribution in [0.4, 0.5) is 0 Å². The maximum Gasteiger partial charge on any atom is 0.362 e. The molecule has 1 aromatic heterocycles. The second-order valence-electron chi connectivity index (χ2n) is 4.28. The Bertz CT molecular complexity index is 705. The third kappa shape index (κ3) is 3.08. The van der Waals surface area contributed by atoms with Gasteiger partial charge in [0.25, 0.3) is 5.56 Å². The maximum absolute atomic E-state index is 12.4. The Labute approximate surface area is 122 Å². The molecule has 108 valence electrons. The zero-order chi connectivity index (χ0) is 15.2. The Hall–Kier alpha value is -2.69. The minimum atomic E-state index is -0.708. The van der Waals surface area contributed by atoms with Crippen LogP contribution < -0.4 is 5.56 Å². The number of hydrogen-bond acceptors (Lipinski definition) is 4. The van der Waals surface area contributed by atoms with Gasteiger partial charge in [0.05, 0.1) is 18.5 Å². The van der Waals surface area contributed by atoms with E-state index in [4.69, 9.17) is 4.74 Å². The highest BCUT2D eigenvalue weighted by Crippen LogP contribution is 2.16. The van der Waals surface area contributed by atoms with Gasteiger partial charge >= 0.3 is 5.97 Å². The average molecular weight is 284 g/mol. The molecule has 1 heterocycles. The molecule has 0 amide bonds. The van der Waals surface area contributed by atoms with Crippen LogP contribution in [0.1, 0.15) is 17.4 Å². The minimum absolute atomic E-state index is 0.196. The molecule has 2 rings (SSSR count). The van der Waals surface area contributed by atoms with Crippen LogP contribution in [0.25, 0.3) is 11.3 Å². The van der Waals surface area contributed by atoms with Crippen LogP contribution in [0.15, 0.2) is 54.0 Å². The van der Waals surface area contributed by atoms with Gasteiger partial charge in [-0.2, -0.15) is 0 Å². The van der Waals surface area contributed by atoms with Crippen molar-refractivity contribution < 1.29 is 9.53 Å². The summed E-state index contributed by atoms with van der Waals surface area (Å²) in [5.41, 5.74) is 0.793. The molecule has 0 spiro atoms. The molecule has 21 heavy (non-hydrogen) atoms. The molecule has 0 fully saturated rings. The minimum Gasteiger partial charge on any atom is -0.461 e. The van der Waals surface area contributed by atoms with E-state index in [-0.39, 0.29) is 18.8 Å². The zero-order valence-electron chi connectivity index (χ0n) is 11.8. The van der Waals surface area contributed by atoms with Crippen molar-refractivity contribution in [2.45, 2.75) is 13.5 Å². The largest absolute Gasteiger partial charge is 0.461 e. The molecular weight excluding hydrogens is 268 g/mol. The lowest BCUT2D eigenvalue weighted by molar-refractivity contribution is 0.0516. The van der Waals surface area contributed by atoms with Crippen LogP contribution in [-0.2, 0) is 11.3 Å². The Kier molecular flexibility index (Phi) is 4.66. The molecule has 5 nitrogen and oxygen atoms in total. The summed E-state index contributed by atoms with van der Waals surface area (Å²) in [4.78, 5) is 28.1. The number of allylic oxidation sites excluding steroid dienone is 1. The molecular formula is C16H16N2O3. The van der Waals surface area contributed by atoms with E-state index in [0.29, 0.717) is 5.69 Å². The quantitative estimate of drug-likeness (QED) is 0.624. The number of carbonyl (C=O) groups is 1. The van der Waals surface area contributed by atoms with E-state index < -0.39 is 11.5 Å². The molecule has 0 unspecified atom stereocenters. The summed E-state index contributed by atoms with van der Waals surface area (Å²) in [5, 5.41) is 0. The van der Waals surface area contributed by atoms with Crippen molar-refractivity contribution in [2.24, 2.45) is 0 Å². The van der Waals surface area contributed by atoms with E-state index in [1.54, 1.807) is 13.0 Å². The SMILES string of the molecule is C=CCn1c(-c2ccccc2)cnc(C(=O)OCC)c1=O. The normalized spacial score (nSPS) is 10.1. The first kappa shape index (κ1) is 14.7. The lowest BCUT2D eigenvalue weighted by atomic mass is 10.1. The Balaban J connectivity index is 2.59. The first-order chi connectivity index (χ1) is 10.2. The van der Waals surface area contributed by atoms with E-state index >= 15 is 0 Å². The van der Waals surface area contributed by atoms with Gasteiger partial charge in [0.2, 0.25) is 5.69 Å². The molecule has 1 aromatic carbocycles. The molecule has 0 saturated heterocycles. The maximum atomic E-state index is 12.4. The first-order valence-corrected chi connectivity index (χ1v) is 6.62. The highest BCUT2D eigenvalue weighted by atomic mass is 16.5. The van der Waals surface area contributed by atoms with Crippen molar-refractivity contribution in [3.63, 3.8) is 0 Å². The van der Waals surface area contributed by atoms with E-state index in [1.807, 2.05) is 30.3 Å². The molecule has 0 aliphatic rings. The number of aromatic nitrogens is 2. The molecule has 0 atom stereocenters. The summed E-state index contributed by atoms with van der Waals surface area (Å²) in [6, 6.07) is 9.38. The fourth-order valence-electron chi connectivity index (χ4n) is 1.98. The Morgan fingerprint density at radius 1 is 1.38 bits per heavy atom. The predicted molar refractivity (Wildman–Crippen MR) is 80.1 cm³/mol. The number of hydrogen-bond donors (Lipinski definition) is 0. The number of ether oxygens (including phenoxy) is 1. The average Bonchev–Trinajstić information content (AvgIpc) is 2.50. The molecule has 0 radical (unpaired) electrons. The fraction of sp³-hybridized carbons (Fsp3) is 0.188. The van der Waals surface area contributed by atoms with E-state index in [1.165, 1.54) is 10.8 Å². The van der Waals surface area contributed by atoms with Crippen molar-refractivity contribution in [3.05, 3.63) is 65.2 Å². The second-order valence-corrected chi connectivity index (χ2v) is 4.28. The summed E-state index contributed by atoms with van der Waals surface area (Å²) < 4.78 is 6.31. The van der Waals surface area contributed by atoms with Crippen molar-refractivity contribution in [3.8, 4) is 11.3 Å². The summed E-state index contributed by atoms with van der Waals surface area (Å²) in [5.74, 6) is -0.708. The molecule has 0 N–H and O–H groups in total. The van der Waals surface area contributed by atoms with Crippen molar-refractivity contribution in [1.82, 2.24) is 9.55 Å². The van der Waals surface area contributed by atoms with Crippen LogP contribution in [-0.4, -0.2) is 22.1 Å². The lowest BCUT2D eigenvalue weighted by Gasteiger charge is -2.12. The van der Waals surface area contributed by atoms with E-state index in [0.717, 1.165) is 5.56 Å². The standard InChI is InChI=1S/C16H16N2O3/c1-3-10-18-13(12-8-6-5-7-9-12)11-17-14(15(18)19)16(20)21-4-2/h3,5-9,11H,1,4,10H2,2H3. The van der Waals surface area contributed by atoms with Gasteiger partial charge in [-0.25, -0.2) is 9.78 Å². The summed E-state index contributed by atoms with van der Waals surface area (Å²) in [7, 11) is 0. The molecule has 0 saturated carbocycles. The number of nitrogens with zero attached hydrogens (tertiary/aromatic N) is 2. The summed E-state index contributed by atoms with van der Waals surface area (Å²) >= 11 is 0.